The second kappa shape index (κ2) is 6.54. The summed E-state index contributed by atoms with van der Waals surface area (Å²) in [5.74, 6) is 0.0393. The Labute approximate surface area is 140 Å². The molecule has 2 amide bonds. The van der Waals surface area contributed by atoms with Crippen molar-refractivity contribution in [1.82, 2.24) is 4.90 Å². The maximum atomic E-state index is 12.5. The van der Waals surface area contributed by atoms with Gasteiger partial charge in [-0.05, 0) is 41.1 Å². The highest BCUT2D eigenvalue weighted by Gasteiger charge is 2.22. The average molecular weight is 328 g/mol. The molecule has 0 unspecified atom stereocenters. The van der Waals surface area contributed by atoms with Crippen molar-refractivity contribution in [2.75, 3.05) is 11.9 Å². The van der Waals surface area contributed by atoms with E-state index in [1.54, 1.807) is 0 Å². The van der Waals surface area contributed by atoms with Crippen LogP contribution in [-0.4, -0.2) is 23.3 Å². The van der Waals surface area contributed by atoms with E-state index in [-0.39, 0.29) is 17.7 Å². The van der Waals surface area contributed by atoms with Crippen molar-refractivity contribution in [3.05, 3.63) is 51.7 Å². The predicted molar refractivity (Wildman–Crippen MR) is 92.7 cm³/mol. The Kier molecular flexibility index (Phi) is 4.48. The number of nitrogens with one attached hydrogen (secondary N) is 1. The Bertz CT molecular complexity index is 723. The lowest BCUT2D eigenvalue weighted by molar-refractivity contribution is -0.118. The van der Waals surface area contributed by atoms with Gasteiger partial charge in [0.2, 0.25) is 5.91 Å². The van der Waals surface area contributed by atoms with Crippen LogP contribution in [-0.2, 0) is 17.8 Å². The van der Waals surface area contributed by atoms with Gasteiger partial charge in [-0.3, -0.25) is 9.59 Å². The number of carbonyl (C=O) groups is 2. The molecule has 0 atom stereocenters. The molecule has 1 aliphatic rings. The van der Waals surface area contributed by atoms with Crippen LogP contribution in [0.3, 0.4) is 0 Å². The Morgan fingerprint density at radius 3 is 2.74 bits per heavy atom. The van der Waals surface area contributed by atoms with E-state index in [0.29, 0.717) is 6.54 Å². The van der Waals surface area contributed by atoms with Crippen LogP contribution in [0.1, 0.15) is 34.6 Å². The number of thiophene rings is 1. The van der Waals surface area contributed by atoms with Gasteiger partial charge in [0.1, 0.15) is 0 Å². The summed E-state index contributed by atoms with van der Waals surface area (Å²) < 4.78 is 0. The maximum Gasteiger partial charge on any atom is 0.264 e. The number of nitrogens with zero attached hydrogens (tertiary/aromatic N) is 1. The van der Waals surface area contributed by atoms with E-state index in [0.717, 1.165) is 29.1 Å². The van der Waals surface area contributed by atoms with E-state index >= 15 is 0 Å². The van der Waals surface area contributed by atoms with Crippen LogP contribution in [0.15, 0.2) is 35.7 Å². The lowest BCUT2D eigenvalue weighted by Crippen LogP contribution is -2.35. The van der Waals surface area contributed by atoms with Crippen LogP contribution in [0, 0.1) is 5.92 Å². The van der Waals surface area contributed by atoms with Gasteiger partial charge in [0.05, 0.1) is 4.88 Å². The number of rotatable bonds is 3. The monoisotopic (exact) mass is 328 g/mol. The molecule has 0 aliphatic carbocycles. The minimum atomic E-state index is -0.0528. The third-order valence-corrected chi connectivity index (χ3v) is 4.89. The molecule has 1 aromatic carbocycles. The van der Waals surface area contributed by atoms with E-state index in [4.69, 9.17) is 0 Å². The Morgan fingerprint density at radius 2 is 2.04 bits per heavy atom. The molecule has 2 heterocycles. The average Bonchev–Trinajstić information content (AvgIpc) is 3.07. The SMILES string of the molecule is CC(C)C(=O)Nc1ccc2c(c1)CN(C(=O)c1cccs1)CC2. The summed E-state index contributed by atoms with van der Waals surface area (Å²) >= 11 is 1.47. The third kappa shape index (κ3) is 3.45. The first-order chi connectivity index (χ1) is 11.0. The van der Waals surface area contributed by atoms with Crippen molar-refractivity contribution in [2.24, 2.45) is 5.92 Å². The van der Waals surface area contributed by atoms with Crippen molar-refractivity contribution >= 4 is 28.8 Å². The summed E-state index contributed by atoms with van der Waals surface area (Å²) in [6.45, 7) is 5.07. The summed E-state index contributed by atoms with van der Waals surface area (Å²) in [7, 11) is 0. The Balaban J connectivity index is 1.76. The summed E-state index contributed by atoms with van der Waals surface area (Å²) in [6.07, 6.45) is 0.852. The van der Waals surface area contributed by atoms with E-state index in [2.05, 4.69) is 11.4 Å². The fourth-order valence-corrected chi connectivity index (χ4v) is 3.34. The van der Waals surface area contributed by atoms with Crippen LogP contribution in [0.4, 0.5) is 5.69 Å². The van der Waals surface area contributed by atoms with Gasteiger partial charge >= 0.3 is 0 Å². The number of anilines is 1. The van der Waals surface area contributed by atoms with Gasteiger partial charge in [0.25, 0.3) is 5.91 Å². The fourth-order valence-electron chi connectivity index (χ4n) is 2.65. The number of benzene rings is 1. The summed E-state index contributed by atoms with van der Waals surface area (Å²) in [5.41, 5.74) is 3.17. The molecule has 0 radical (unpaired) electrons. The molecule has 120 valence electrons. The molecular weight excluding hydrogens is 308 g/mol. The number of fused-ring (bicyclic) bond motifs is 1. The topological polar surface area (TPSA) is 49.4 Å². The molecule has 0 spiro atoms. The number of hydrogen-bond acceptors (Lipinski definition) is 3. The minimum absolute atomic E-state index is 0.00674. The zero-order chi connectivity index (χ0) is 16.4. The van der Waals surface area contributed by atoms with E-state index in [1.807, 2.05) is 48.4 Å². The third-order valence-electron chi connectivity index (χ3n) is 4.03. The number of hydrogen-bond donors (Lipinski definition) is 1. The summed E-state index contributed by atoms with van der Waals surface area (Å²) in [4.78, 5) is 27.0. The van der Waals surface area contributed by atoms with Crippen LogP contribution in [0.25, 0.3) is 0 Å². The maximum absolute atomic E-state index is 12.5. The largest absolute Gasteiger partial charge is 0.333 e. The fraction of sp³-hybridized carbons (Fsp3) is 0.333. The molecule has 2 aromatic rings. The molecule has 1 aromatic heterocycles. The molecule has 0 saturated heterocycles. The predicted octanol–water partition coefficient (Wildman–Crippen LogP) is 3.54. The van der Waals surface area contributed by atoms with Crippen LogP contribution in [0.5, 0.6) is 0 Å². The molecule has 4 nitrogen and oxygen atoms in total. The minimum Gasteiger partial charge on any atom is -0.333 e. The smallest absolute Gasteiger partial charge is 0.264 e. The number of carbonyl (C=O) groups excluding carboxylic acids is 2. The van der Waals surface area contributed by atoms with Crippen molar-refractivity contribution in [1.29, 1.82) is 0 Å². The zero-order valence-corrected chi connectivity index (χ0v) is 14.2. The molecule has 0 bridgehead atoms. The summed E-state index contributed by atoms with van der Waals surface area (Å²) in [5, 5.41) is 4.84. The molecule has 1 N–H and O–H groups in total. The molecule has 0 saturated carbocycles. The van der Waals surface area contributed by atoms with E-state index in [1.165, 1.54) is 16.9 Å². The summed E-state index contributed by atoms with van der Waals surface area (Å²) in [6, 6.07) is 9.74. The number of amides is 2. The van der Waals surface area contributed by atoms with Gasteiger partial charge < -0.3 is 10.2 Å². The van der Waals surface area contributed by atoms with Gasteiger partial charge in [-0.2, -0.15) is 0 Å². The van der Waals surface area contributed by atoms with Gasteiger partial charge in [0, 0.05) is 24.7 Å². The normalized spacial score (nSPS) is 13.8. The molecule has 0 fully saturated rings. The Hall–Kier alpha value is -2.14. The van der Waals surface area contributed by atoms with Crippen molar-refractivity contribution < 1.29 is 9.59 Å². The first-order valence-corrected chi connectivity index (χ1v) is 8.68. The van der Waals surface area contributed by atoms with Gasteiger partial charge in [0.15, 0.2) is 0 Å². The second-order valence-corrected chi connectivity index (χ2v) is 7.03. The molecule has 23 heavy (non-hydrogen) atoms. The highest BCUT2D eigenvalue weighted by molar-refractivity contribution is 7.12. The van der Waals surface area contributed by atoms with Gasteiger partial charge in [-0.1, -0.05) is 26.0 Å². The van der Waals surface area contributed by atoms with Crippen LogP contribution < -0.4 is 5.32 Å². The molecular formula is C18H20N2O2S. The van der Waals surface area contributed by atoms with Gasteiger partial charge in [-0.15, -0.1) is 11.3 Å². The van der Waals surface area contributed by atoms with Crippen molar-refractivity contribution in [2.45, 2.75) is 26.8 Å². The zero-order valence-electron chi connectivity index (χ0n) is 13.3. The highest BCUT2D eigenvalue weighted by Crippen LogP contribution is 2.25. The van der Waals surface area contributed by atoms with Crippen LogP contribution >= 0.6 is 11.3 Å². The van der Waals surface area contributed by atoms with E-state index < -0.39 is 0 Å². The van der Waals surface area contributed by atoms with Crippen molar-refractivity contribution in [3.63, 3.8) is 0 Å². The molecule has 5 heteroatoms. The second-order valence-electron chi connectivity index (χ2n) is 6.08. The lowest BCUT2D eigenvalue weighted by Gasteiger charge is -2.29. The highest BCUT2D eigenvalue weighted by atomic mass is 32.1. The van der Waals surface area contributed by atoms with Gasteiger partial charge in [-0.25, -0.2) is 0 Å². The van der Waals surface area contributed by atoms with Crippen LogP contribution in [0.2, 0.25) is 0 Å². The van der Waals surface area contributed by atoms with E-state index in [9.17, 15) is 9.59 Å². The first kappa shape index (κ1) is 15.7. The molecule has 3 rings (SSSR count). The molecule has 1 aliphatic heterocycles. The quantitative estimate of drug-likeness (QED) is 0.937. The first-order valence-electron chi connectivity index (χ1n) is 7.80. The van der Waals surface area contributed by atoms with Crippen molar-refractivity contribution in [3.8, 4) is 0 Å². The lowest BCUT2D eigenvalue weighted by atomic mass is 9.98. The standard InChI is InChI=1S/C18H20N2O2S/c1-12(2)17(21)19-15-6-5-13-7-8-20(11-14(13)10-15)18(22)16-4-3-9-23-16/h3-6,9-10,12H,7-8,11H2,1-2H3,(H,19,21). The Morgan fingerprint density at radius 1 is 1.22 bits per heavy atom.